The first kappa shape index (κ1) is 19.5. The molecule has 1 amide bonds. The lowest BCUT2D eigenvalue weighted by atomic mass is 10.1. The van der Waals surface area contributed by atoms with Crippen LogP contribution in [0.5, 0.6) is 0 Å². The molecule has 1 aromatic heterocycles. The summed E-state index contributed by atoms with van der Waals surface area (Å²) in [5.41, 5.74) is 10.2. The first-order valence-electron chi connectivity index (χ1n) is 9.74. The van der Waals surface area contributed by atoms with Crippen molar-refractivity contribution in [3.8, 4) is 5.69 Å². The molecule has 0 radical (unpaired) electrons. The summed E-state index contributed by atoms with van der Waals surface area (Å²) in [5.74, 6) is 0.0270. The molecule has 0 spiro atoms. The fraction of sp³-hybridized carbons (Fsp3) is 0.273. The highest BCUT2D eigenvalue weighted by Gasteiger charge is 2.19. The number of halogens is 1. The number of para-hydroxylation sites is 1. The lowest BCUT2D eigenvalue weighted by Crippen LogP contribution is -2.21. The summed E-state index contributed by atoms with van der Waals surface area (Å²) in [6.07, 6.45) is 3.92. The van der Waals surface area contributed by atoms with Gasteiger partial charge >= 0.3 is 0 Å². The van der Waals surface area contributed by atoms with Gasteiger partial charge in [0.1, 0.15) is 11.4 Å². The van der Waals surface area contributed by atoms with Crippen LogP contribution in [0.4, 0.5) is 11.5 Å². The highest BCUT2D eigenvalue weighted by molar-refractivity contribution is 6.30. The first-order chi connectivity index (χ1) is 14.0. The molecule has 2 heterocycles. The topological polar surface area (TPSA) is 76.2 Å². The van der Waals surface area contributed by atoms with Crippen LogP contribution in [-0.4, -0.2) is 33.7 Å². The number of nitrogens with zero attached hydrogens (tertiary/aromatic N) is 3. The van der Waals surface area contributed by atoms with E-state index in [1.807, 2.05) is 43.3 Å². The Hall–Kier alpha value is -2.83. The average Bonchev–Trinajstić information content (AvgIpc) is 3.34. The molecular formula is C22H24ClN5O. The van der Waals surface area contributed by atoms with Crippen molar-refractivity contribution in [1.29, 1.82) is 0 Å². The molecule has 3 N–H and O–H groups in total. The molecule has 1 aliphatic rings. The third-order valence-electron chi connectivity index (χ3n) is 5.30. The lowest BCUT2D eigenvalue weighted by Gasteiger charge is -2.18. The van der Waals surface area contributed by atoms with Crippen molar-refractivity contribution >= 4 is 29.0 Å². The highest BCUT2D eigenvalue weighted by atomic mass is 35.5. The van der Waals surface area contributed by atoms with Gasteiger partial charge in [-0.2, -0.15) is 5.10 Å². The van der Waals surface area contributed by atoms with Gasteiger partial charge in [-0.05, 0) is 68.2 Å². The van der Waals surface area contributed by atoms with Gasteiger partial charge in [0.25, 0.3) is 5.91 Å². The van der Waals surface area contributed by atoms with E-state index in [2.05, 4.69) is 15.3 Å². The summed E-state index contributed by atoms with van der Waals surface area (Å²) in [4.78, 5) is 15.3. The average molecular weight is 410 g/mol. The maximum absolute atomic E-state index is 12.9. The molecule has 0 atom stereocenters. The Labute approximate surface area is 175 Å². The van der Waals surface area contributed by atoms with Crippen LogP contribution >= 0.6 is 11.6 Å². The Morgan fingerprint density at radius 2 is 1.97 bits per heavy atom. The number of nitrogen functional groups attached to an aromatic ring is 1. The molecule has 7 heteroatoms. The number of nitrogens with one attached hydrogen (secondary N) is 1. The molecule has 0 saturated carbocycles. The SMILES string of the molecule is Cc1ccccc1-n1ncc(C(=O)Nc2ccc(Cl)cc2CN2CCCC2)c1N. The molecule has 150 valence electrons. The van der Waals surface area contributed by atoms with Crippen LogP contribution < -0.4 is 11.1 Å². The minimum absolute atomic E-state index is 0.285. The summed E-state index contributed by atoms with van der Waals surface area (Å²) in [6, 6.07) is 13.3. The van der Waals surface area contributed by atoms with Crippen molar-refractivity contribution in [2.45, 2.75) is 26.3 Å². The monoisotopic (exact) mass is 409 g/mol. The fourth-order valence-electron chi connectivity index (χ4n) is 3.71. The second-order valence-electron chi connectivity index (χ2n) is 7.38. The number of carbonyl (C=O) groups is 1. The van der Waals surface area contributed by atoms with Gasteiger partial charge in [0.15, 0.2) is 0 Å². The van der Waals surface area contributed by atoms with Gasteiger partial charge in [0, 0.05) is 17.3 Å². The Kier molecular flexibility index (Phi) is 5.56. The van der Waals surface area contributed by atoms with E-state index in [9.17, 15) is 4.79 Å². The zero-order valence-electron chi connectivity index (χ0n) is 16.4. The molecule has 3 aromatic rings. The van der Waals surface area contributed by atoms with Gasteiger partial charge in [-0.15, -0.1) is 0 Å². The summed E-state index contributed by atoms with van der Waals surface area (Å²) in [6.45, 7) is 4.87. The van der Waals surface area contributed by atoms with Gasteiger partial charge in [-0.1, -0.05) is 29.8 Å². The first-order valence-corrected chi connectivity index (χ1v) is 10.1. The summed E-state index contributed by atoms with van der Waals surface area (Å²) >= 11 is 6.20. The molecule has 6 nitrogen and oxygen atoms in total. The molecule has 1 fully saturated rings. The fourth-order valence-corrected chi connectivity index (χ4v) is 3.91. The molecule has 2 aromatic carbocycles. The van der Waals surface area contributed by atoms with Crippen LogP contribution in [0.1, 0.15) is 34.3 Å². The zero-order valence-corrected chi connectivity index (χ0v) is 17.1. The van der Waals surface area contributed by atoms with Crippen LogP contribution in [-0.2, 0) is 6.54 Å². The van der Waals surface area contributed by atoms with Crippen LogP contribution in [0, 0.1) is 6.92 Å². The molecule has 1 saturated heterocycles. The van der Waals surface area contributed by atoms with E-state index < -0.39 is 0 Å². The number of amides is 1. The van der Waals surface area contributed by atoms with E-state index in [4.69, 9.17) is 17.3 Å². The minimum Gasteiger partial charge on any atom is -0.383 e. The summed E-state index contributed by atoms with van der Waals surface area (Å²) in [5, 5.41) is 7.98. The minimum atomic E-state index is -0.285. The Bertz CT molecular complexity index is 1040. The maximum atomic E-state index is 12.9. The van der Waals surface area contributed by atoms with E-state index in [1.54, 1.807) is 10.7 Å². The molecule has 0 aliphatic carbocycles. The smallest absolute Gasteiger partial charge is 0.261 e. The third kappa shape index (κ3) is 4.13. The number of anilines is 2. The van der Waals surface area contributed by atoms with Gasteiger partial charge < -0.3 is 11.1 Å². The van der Waals surface area contributed by atoms with Crippen molar-refractivity contribution in [2.75, 3.05) is 24.1 Å². The Morgan fingerprint density at radius 1 is 1.21 bits per heavy atom. The Balaban J connectivity index is 1.58. The summed E-state index contributed by atoms with van der Waals surface area (Å²) < 4.78 is 1.59. The molecule has 0 unspecified atom stereocenters. The van der Waals surface area contributed by atoms with Crippen LogP contribution in [0.3, 0.4) is 0 Å². The number of aryl methyl sites for hydroxylation is 1. The van der Waals surface area contributed by atoms with Crippen LogP contribution in [0.2, 0.25) is 5.02 Å². The zero-order chi connectivity index (χ0) is 20.4. The van der Waals surface area contributed by atoms with Gasteiger partial charge in [-0.25, -0.2) is 4.68 Å². The van der Waals surface area contributed by atoms with E-state index in [0.717, 1.165) is 42.1 Å². The highest BCUT2D eigenvalue weighted by Crippen LogP contribution is 2.26. The lowest BCUT2D eigenvalue weighted by molar-refractivity contribution is 0.102. The molecular weight excluding hydrogens is 386 g/mol. The molecule has 0 bridgehead atoms. The number of likely N-dealkylation sites (tertiary alicyclic amines) is 1. The number of aromatic nitrogens is 2. The number of carbonyl (C=O) groups excluding carboxylic acids is 1. The number of hydrogen-bond donors (Lipinski definition) is 2. The van der Waals surface area contributed by atoms with Crippen LogP contribution in [0.15, 0.2) is 48.7 Å². The van der Waals surface area contributed by atoms with E-state index in [0.29, 0.717) is 16.4 Å². The Morgan fingerprint density at radius 3 is 2.72 bits per heavy atom. The van der Waals surface area contributed by atoms with E-state index in [1.165, 1.54) is 19.0 Å². The van der Waals surface area contributed by atoms with Crippen molar-refractivity contribution in [3.63, 3.8) is 0 Å². The maximum Gasteiger partial charge on any atom is 0.261 e. The second kappa shape index (κ2) is 8.27. The third-order valence-corrected chi connectivity index (χ3v) is 5.54. The van der Waals surface area contributed by atoms with Crippen molar-refractivity contribution in [1.82, 2.24) is 14.7 Å². The largest absolute Gasteiger partial charge is 0.383 e. The van der Waals surface area contributed by atoms with Crippen molar-refractivity contribution in [3.05, 3.63) is 70.4 Å². The van der Waals surface area contributed by atoms with Crippen molar-refractivity contribution < 1.29 is 4.79 Å². The predicted molar refractivity (Wildman–Crippen MR) is 117 cm³/mol. The standard InChI is InChI=1S/C22H24ClN5O/c1-15-6-2-3-7-20(15)28-21(24)18(13-25-28)22(29)26-19-9-8-17(23)12-16(19)14-27-10-4-5-11-27/h2-3,6-9,12-13H,4-5,10-11,14,24H2,1H3,(H,26,29). The van der Waals surface area contributed by atoms with Gasteiger partial charge in [-0.3, -0.25) is 9.69 Å². The molecule has 1 aliphatic heterocycles. The van der Waals surface area contributed by atoms with E-state index in [-0.39, 0.29) is 5.91 Å². The molecule has 4 rings (SSSR count). The van der Waals surface area contributed by atoms with E-state index >= 15 is 0 Å². The quantitative estimate of drug-likeness (QED) is 0.660. The normalized spacial score (nSPS) is 14.3. The molecule has 29 heavy (non-hydrogen) atoms. The number of rotatable bonds is 5. The van der Waals surface area contributed by atoms with Gasteiger partial charge in [0.05, 0.1) is 11.9 Å². The van der Waals surface area contributed by atoms with Crippen molar-refractivity contribution in [2.24, 2.45) is 0 Å². The number of nitrogens with two attached hydrogens (primary N) is 1. The van der Waals surface area contributed by atoms with Crippen LogP contribution in [0.25, 0.3) is 5.69 Å². The number of benzene rings is 2. The number of hydrogen-bond acceptors (Lipinski definition) is 4. The van der Waals surface area contributed by atoms with Gasteiger partial charge in [0.2, 0.25) is 0 Å². The predicted octanol–water partition coefficient (Wildman–Crippen LogP) is 4.26. The second-order valence-corrected chi connectivity index (χ2v) is 7.82. The summed E-state index contributed by atoms with van der Waals surface area (Å²) in [7, 11) is 0.